The molecule has 0 N–H and O–H groups in total. The third-order valence-corrected chi connectivity index (χ3v) is 4.81. The SMILES string of the molecule is CS1(C)C=c2sccc2=CC1. The molecule has 0 amide bonds. The lowest BCUT2D eigenvalue weighted by molar-refractivity contribution is 1.66. The zero-order chi connectivity index (χ0) is 7.90. The molecule has 0 fully saturated rings. The van der Waals surface area contributed by atoms with Gasteiger partial charge in [-0.15, -0.1) is 11.3 Å². The molecule has 0 aliphatic carbocycles. The maximum atomic E-state index is 2.47. The highest BCUT2D eigenvalue weighted by Crippen LogP contribution is 2.42. The molecular formula is C9H12S2. The van der Waals surface area contributed by atoms with Crippen molar-refractivity contribution in [2.75, 3.05) is 18.3 Å². The summed E-state index contributed by atoms with van der Waals surface area (Å²) in [6, 6.07) is 2.21. The van der Waals surface area contributed by atoms with Crippen LogP contribution in [0.1, 0.15) is 0 Å². The summed E-state index contributed by atoms with van der Waals surface area (Å²) in [5.74, 6) is 1.26. The molecule has 0 saturated heterocycles. The molecule has 1 aliphatic heterocycles. The van der Waals surface area contributed by atoms with E-state index in [0.717, 1.165) is 0 Å². The highest BCUT2D eigenvalue weighted by molar-refractivity contribution is 8.38. The second-order valence-electron chi connectivity index (χ2n) is 3.35. The van der Waals surface area contributed by atoms with Gasteiger partial charge < -0.3 is 0 Å². The largest absolute Gasteiger partial charge is 0.222 e. The Hall–Kier alpha value is -0.210. The van der Waals surface area contributed by atoms with Crippen molar-refractivity contribution in [2.24, 2.45) is 0 Å². The van der Waals surface area contributed by atoms with Gasteiger partial charge in [0.05, 0.1) is 0 Å². The van der Waals surface area contributed by atoms with Gasteiger partial charge in [0.2, 0.25) is 0 Å². The first-order valence-electron chi connectivity index (χ1n) is 3.64. The normalized spacial score (nSPS) is 22.7. The molecule has 0 radical (unpaired) electrons. The Morgan fingerprint density at radius 1 is 1.45 bits per heavy atom. The summed E-state index contributed by atoms with van der Waals surface area (Å²) in [7, 11) is -0.436. The molecule has 1 aliphatic rings. The molecule has 0 atom stereocenters. The summed E-state index contributed by atoms with van der Waals surface area (Å²) in [6.45, 7) is 0. The molecule has 0 aromatic carbocycles. The molecule has 1 aromatic heterocycles. The van der Waals surface area contributed by atoms with Gasteiger partial charge in [-0.25, -0.2) is 10.0 Å². The summed E-state index contributed by atoms with van der Waals surface area (Å²) in [4.78, 5) is 0. The van der Waals surface area contributed by atoms with E-state index < -0.39 is 10.0 Å². The monoisotopic (exact) mass is 184 g/mol. The Morgan fingerprint density at radius 2 is 2.27 bits per heavy atom. The lowest BCUT2D eigenvalue weighted by Gasteiger charge is -2.26. The highest BCUT2D eigenvalue weighted by atomic mass is 32.3. The van der Waals surface area contributed by atoms with Crippen LogP contribution in [-0.4, -0.2) is 18.3 Å². The Labute approximate surface area is 72.6 Å². The average Bonchev–Trinajstić information content (AvgIpc) is 2.31. The van der Waals surface area contributed by atoms with E-state index in [0.29, 0.717) is 0 Å². The van der Waals surface area contributed by atoms with Gasteiger partial charge in [-0.05, 0) is 40.3 Å². The number of hydrogen-bond donors (Lipinski definition) is 0. The van der Waals surface area contributed by atoms with Crippen LogP contribution in [0.4, 0.5) is 0 Å². The third kappa shape index (κ3) is 1.37. The number of rotatable bonds is 0. The van der Waals surface area contributed by atoms with Crippen LogP contribution in [0.25, 0.3) is 11.5 Å². The van der Waals surface area contributed by atoms with Crippen LogP contribution in [0.5, 0.6) is 0 Å². The zero-order valence-corrected chi connectivity index (χ0v) is 8.47. The molecule has 0 bridgehead atoms. The second kappa shape index (κ2) is 2.39. The number of thiophene rings is 1. The van der Waals surface area contributed by atoms with E-state index in [1.54, 1.807) is 0 Å². The van der Waals surface area contributed by atoms with Gasteiger partial charge in [-0.2, -0.15) is 0 Å². The van der Waals surface area contributed by atoms with E-state index in [-0.39, 0.29) is 0 Å². The van der Waals surface area contributed by atoms with Crippen LogP contribution in [0, 0.1) is 0 Å². The quantitative estimate of drug-likeness (QED) is 0.571. The minimum absolute atomic E-state index is 0.436. The fourth-order valence-corrected chi connectivity index (χ4v) is 4.31. The summed E-state index contributed by atoms with van der Waals surface area (Å²) in [5, 5.41) is 6.09. The van der Waals surface area contributed by atoms with Crippen molar-refractivity contribution in [3.63, 3.8) is 0 Å². The fraction of sp³-hybridized carbons (Fsp3) is 0.333. The lowest BCUT2D eigenvalue weighted by atomic mass is 10.4. The molecule has 0 nitrogen and oxygen atoms in total. The molecule has 2 heteroatoms. The average molecular weight is 184 g/mol. The lowest BCUT2D eigenvalue weighted by Crippen LogP contribution is -2.23. The highest BCUT2D eigenvalue weighted by Gasteiger charge is 2.09. The van der Waals surface area contributed by atoms with Gasteiger partial charge in [0, 0.05) is 4.53 Å². The van der Waals surface area contributed by atoms with Crippen molar-refractivity contribution in [3.05, 3.63) is 21.2 Å². The van der Waals surface area contributed by atoms with Gasteiger partial charge in [0.25, 0.3) is 0 Å². The van der Waals surface area contributed by atoms with Crippen LogP contribution in [0.2, 0.25) is 0 Å². The summed E-state index contributed by atoms with van der Waals surface area (Å²) in [6.07, 6.45) is 7.11. The molecule has 0 unspecified atom stereocenters. The van der Waals surface area contributed by atoms with Crippen molar-refractivity contribution in [3.8, 4) is 0 Å². The van der Waals surface area contributed by atoms with Gasteiger partial charge in [0.1, 0.15) is 0 Å². The molecule has 0 saturated carbocycles. The van der Waals surface area contributed by atoms with Crippen molar-refractivity contribution in [1.29, 1.82) is 0 Å². The van der Waals surface area contributed by atoms with Crippen molar-refractivity contribution >= 4 is 32.8 Å². The van der Waals surface area contributed by atoms with Crippen LogP contribution >= 0.6 is 21.4 Å². The van der Waals surface area contributed by atoms with Gasteiger partial charge in [-0.3, -0.25) is 0 Å². The van der Waals surface area contributed by atoms with Crippen molar-refractivity contribution < 1.29 is 0 Å². The van der Waals surface area contributed by atoms with Crippen LogP contribution in [-0.2, 0) is 0 Å². The first-order chi connectivity index (χ1) is 5.17. The Balaban J connectivity index is 2.71. The molecular weight excluding hydrogens is 172 g/mol. The van der Waals surface area contributed by atoms with E-state index >= 15 is 0 Å². The molecule has 2 rings (SSSR count). The maximum absolute atomic E-state index is 2.47. The third-order valence-electron chi connectivity index (χ3n) is 1.89. The summed E-state index contributed by atoms with van der Waals surface area (Å²) >= 11 is 1.86. The molecule has 0 spiro atoms. The smallest absolute Gasteiger partial charge is 0.0387 e. The van der Waals surface area contributed by atoms with E-state index in [9.17, 15) is 0 Å². The minimum Gasteiger partial charge on any atom is -0.222 e. The molecule has 11 heavy (non-hydrogen) atoms. The van der Waals surface area contributed by atoms with Gasteiger partial charge >= 0.3 is 0 Å². The molecule has 1 aromatic rings. The number of hydrogen-bond acceptors (Lipinski definition) is 1. The topological polar surface area (TPSA) is 0 Å². The number of fused-ring (bicyclic) bond motifs is 1. The van der Waals surface area contributed by atoms with E-state index in [2.05, 4.69) is 35.4 Å². The standard InChI is InChI=1S/C9H12S2/c1-11(2)6-4-8-3-5-10-9(8)7-11/h3-5,7H,6H2,1-2H3. The predicted octanol–water partition coefficient (Wildman–Crippen LogP) is 1.34. The van der Waals surface area contributed by atoms with E-state index in [1.807, 2.05) is 11.3 Å². The summed E-state index contributed by atoms with van der Waals surface area (Å²) in [5.41, 5.74) is 0. The summed E-state index contributed by atoms with van der Waals surface area (Å²) < 4.78 is 1.48. The van der Waals surface area contributed by atoms with Gasteiger partial charge in [0.15, 0.2) is 0 Å². The van der Waals surface area contributed by atoms with Gasteiger partial charge in [-0.1, -0.05) is 6.08 Å². The molecule has 2 heterocycles. The van der Waals surface area contributed by atoms with Crippen LogP contribution in [0.15, 0.2) is 11.4 Å². The van der Waals surface area contributed by atoms with Crippen LogP contribution in [0.3, 0.4) is 0 Å². The first kappa shape index (κ1) is 7.44. The predicted molar refractivity (Wildman–Crippen MR) is 56.8 cm³/mol. The van der Waals surface area contributed by atoms with Crippen molar-refractivity contribution in [1.82, 2.24) is 0 Å². The minimum atomic E-state index is -0.436. The van der Waals surface area contributed by atoms with E-state index in [4.69, 9.17) is 0 Å². The maximum Gasteiger partial charge on any atom is 0.0387 e. The fourth-order valence-electron chi connectivity index (χ4n) is 1.24. The Morgan fingerprint density at radius 3 is 3.09 bits per heavy atom. The Bertz CT molecular complexity index is 371. The van der Waals surface area contributed by atoms with E-state index in [1.165, 1.54) is 15.5 Å². The Kier molecular flexibility index (Phi) is 1.62. The second-order valence-corrected chi connectivity index (χ2v) is 8.12. The zero-order valence-electron chi connectivity index (χ0n) is 6.83. The van der Waals surface area contributed by atoms with Crippen molar-refractivity contribution in [2.45, 2.75) is 0 Å². The first-order valence-corrected chi connectivity index (χ1v) is 7.20. The van der Waals surface area contributed by atoms with Crippen LogP contribution < -0.4 is 9.75 Å². The molecule has 60 valence electrons.